The van der Waals surface area contributed by atoms with Crippen LogP contribution in [0.1, 0.15) is 24.7 Å². The van der Waals surface area contributed by atoms with Crippen LogP contribution in [0.3, 0.4) is 0 Å². The number of hydrogen-bond donors (Lipinski definition) is 1. The monoisotopic (exact) mass is 293 g/mol. The van der Waals surface area contributed by atoms with Crippen LogP contribution in [0.2, 0.25) is 0 Å². The topological polar surface area (TPSA) is 85.9 Å². The molecule has 112 valence electrons. The lowest BCUT2D eigenvalue weighted by Crippen LogP contribution is -2.18. The third-order valence-corrected chi connectivity index (χ3v) is 2.89. The molecule has 0 aliphatic heterocycles. The SMILES string of the molecule is CCCNCc1ncnn1Cc1cc(F)cc([N+](=O)[O-])c1. The molecule has 1 N–H and O–H groups in total. The molecular weight excluding hydrogens is 277 g/mol. The third-order valence-electron chi connectivity index (χ3n) is 2.89. The molecule has 1 aromatic heterocycles. The van der Waals surface area contributed by atoms with E-state index < -0.39 is 10.7 Å². The predicted molar refractivity (Wildman–Crippen MR) is 74.2 cm³/mol. The molecule has 2 rings (SSSR count). The molecule has 0 spiro atoms. The zero-order valence-electron chi connectivity index (χ0n) is 11.6. The Morgan fingerprint density at radius 2 is 2.24 bits per heavy atom. The number of aromatic nitrogens is 3. The molecule has 7 nitrogen and oxygen atoms in total. The summed E-state index contributed by atoms with van der Waals surface area (Å²) in [6, 6.07) is 3.50. The minimum Gasteiger partial charge on any atom is -0.310 e. The van der Waals surface area contributed by atoms with Gasteiger partial charge in [-0.2, -0.15) is 5.10 Å². The second-order valence-electron chi connectivity index (χ2n) is 4.59. The predicted octanol–water partition coefficient (Wildman–Crippen LogP) is 1.87. The van der Waals surface area contributed by atoms with Crippen LogP contribution in [-0.4, -0.2) is 26.2 Å². The Hall–Kier alpha value is -2.35. The van der Waals surface area contributed by atoms with E-state index in [1.165, 1.54) is 18.5 Å². The molecule has 0 saturated heterocycles. The number of nitro benzene ring substituents is 1. The van der Waals surface area contributed by atoms with E-state index in [-0.39, 0.29) is 12.2 Å². The van der Waals surface area contributed by atoms with Crippen molar-refractivity contribution in [1.29, 1.82) is 0 Å². The summed E-state index contributed by atoms with van der Waals surface area (Å²) >= 11 is 0. The number of nitro groups is 1. The van der Waals surface area contributed by atoms with Crippen LogP contribution < -0.4 is 5.32 Å². The first kappa shape index (κ1) is 15.0. The summed E-state index contributed by atoms with van der Waals surface area (Å²) < 4.78 is 15.0. The zero-order chi connectivity index (χ0) is 15.2. The lowest BCUT2D eigenvalue weighted by molar-refractivity contribution is -0.385. The van der Waals surface area contributed by atoms with Crippen LogP contribution in [0, 0.1) is 15.9 Å². The van der Waals surface area contributed by atoms with E-state index in [0.717, 1.165) is 19.0 Å². The molecule has 0 radical (unpaired) electrons. The minimum atomic E-state index is -0.634. The smallest absolute Gasteiger partial charge is 0.272 e. The fraction of sp³-hybridized carbons (Fsp3) is 0.385. The second-order valence-corrected chi connectivity index (χ2v) is 4.59. The molecule has 21 heavy (non-hydrogen) atoms. The first-order valence-electron chi connectivity index (χ1n) is 6.61. The Balaban J connectivity index is 2.15. The highest BCUT2D eigenvalue weighted by Crippen LogP contribution is 2.17. The van der Waals surface area contributed by atoms with Gasteiger partial charge in [-0.15, -0.1) is 0 Å². The number of nitrogens with zero attached hydrogens (tertiary/aromatic N) is 4. The molecule has 0 aliphatic rings. The van der Waals surface area contributed by atoms with Crippen LogP contribution in [0.25, 0.3) is 0 Å². The standard InChI is InChI=1S/C13H16FN5O2/c1-2-3-15-7-13-16-9-17-18(13)8-10-4-11(14)6-12(5-10)19(20)21/h4-6,9,15H,2-3,7-8H2,1H3. The van der Waals surface area contributed by atoms with Gasteiger partial charge in [-0.1, -0.05) is 6.92 Å². The van der Waals surface area contributed by atoms with E-state index in [2.05, 4.69) is 22.3 Å². The Labute approximate surface area is 121 Å². The lowest BCUT2D eigenvalue weighted by Gasteiger charge is -2.07. The van der Waals surface area contributed by atoms with Crippen molar-refractivity contribution in [1.82, 2.24) is 20.1 Å². The van der Waals surface area contributed by atoms with E-state index in [0.29, 0.717) is 17.9 Å². The highest BCUT2D eigenvalue weighted by molar-refractivity contribution is 5.35. The number of non-ortho nitro benzene ring substituents is 1. The van der Waals surface area contributed by atoms with Gasteiger partial charge in [-0.05, 0) is 24.6 Å². The molecule has 1 aromatic carbocycles. The van der Waals surface area contributed by atoms with Gasteiger partial charge in [0, 0.05) is 6.07 Å². The van der Waals surface area contributed by atoms with Crippen LogP contribution in [0.5, 0.6) is 0 Å². The average Bonchev–Trinajstić information content (AvgIpc) is 2.86. The normalized spacial score (nSPS) is 10.8. The second kappa shape index (κ2) is 6.89. The Morgan fingerprint density at radius 1 is 1.43 bits per heavy atom. The summed E-state index contributed by atoms with van der Waals surface area (Å²) in [5.41, 5.74) is 0.208. The van der Waals surface area contributed by atoms with Gasteiger partial charge < -0.3 is 5.32 Å². The van der Waals surface area contributed by atoms with E-state index in [1.54, 1.807) is 4.68 Å². The highest BCUT2D eigenvalue weighted by Gasteiger charge is 2.12. The van der Waals surface area contributed by atoms with Crippen molar-refractivity contribution in [3.8, 4) is 0 Å². The van der Waals surface area contributed by atoms with Gasteiger partial charge in [0.2, 0.25) is 0 Å². The van der Waals surface area contributed by atoms with Crippen molar-refractivity contribution >= 4 is 5.69 Å². The van der Waals surface area contributed by atoms with Crippen molar-refractivity contribution in [2.75, 3.05) is 6.54 Å². The molecule has 0 unspecified atom stereocenters. The largest absolute Gasteiger partial charge is 0.310 e. The maximum absolute atomic E-state index is 13.4. The van der Waals surface area contributed by atoms with Gasteiger partial charge in [-0.3, -0.25) is 10.1 Å². The molecule has 0 aliphatic carbocycles. The summed E-state index contributed by atoms with van der Waals surface area (Å²) in [5.74, 6) is 0.0698. The summed E-state index contributed by atoms with van der Waals surface area (Å²) in [4.78, 5) is 14.3. The Morgan fingerprint density at radius 3 is 2.95 bits per heavy atom. The van der Waals surface area contributed by atoms with Gasteiger partial charge in [0.1, 0.15) is 18.0 Å². The molecule has 0 bridgehead atoms. The van der Waals surface area contributed by atoms with Crippen molar-refractivity contribution < 1.29 is 9.31 Å². The summed E-state index contributed by atoms with van der Waals surface area (Å²) in [6.45, 7) is 3.70. The van der Waals surface area contributed by atoms with Crippen molar-refractivity contribution in [3.63, 3.8) is 0 Å². The van der Waals surface area contributed by atoms with Crippen LogP contribution in [-0.2, 0) is 13.1 Å². The van der Waals surface area contributed by atoms with Crippen LogP contribution in [0.15, 0.2) is 24.5 Å². The molecule has 8 heteroatoms. The maximum Gasteiger partial charge on any atom is 0.272 e. The molecule has 0 atom stereocenters. The molecular formula is C13H16FN5O2. The van der Waals surface area contributed by atoms with E-state index in [4.69, 9.17) is 0 Å². The minimum absolute atomic E-state index is 0.238. The number of hydrogen-bond acceptors (Lipinski definition) is 5. The van der Waals surface area contributed by atoms with Crippen molar-refractivity contribution in [3.05, 3.63) is 51.8 Å². The fourth-order valence-electron chi connectivity index (χ4n) is 1.94. The van der Waals surface area contributed by atoms with Crippen LogP contribution in [0.4, 0.5) is 10.1 Å². The van der Waals surface area contributed by atoms with Crippen molar-refractivity contribution in [2.45, 2.75) is 26.4 Å². The maximum atomic E-state index is 13.4. The Kier molecular flexibility index (Phi) is 4.94. The van der Waals surface area contributed by atoms with Crippen LogP contribution >= 0.6 is 0 Å². The van der Waals surface area contributed by atoms with Gasteiger partial charge >= 0.3 is 0 Å². The van der Waals surface area contributed by atoms with Gasteiger partial charge in [0.15, 0.2) is 0 Å². The Bertz CT molecular complexity index is 629. The fourth-order valence-corrected chi connectivity index (χ4v) is 1.94. The summed E-state index contributed by atoms with van der Waals surface area (Å²) in [6.07, 6.45) is 2.42. The van der Waals surface area contributed by atoms with E-state index in [9.17, 15) is 14.5 Å². The zero-order valence-corrected chi connectivity index (χ0v) is 11.6. The first-order chi connectivity index (χ1) is 10.1. The van der Waals surface area contributed by atoms with Gasteiger partial charge in [0.25, 0.3) is 5.69 Å². The summed E-state index contributed by atoms with van der Waals surface area (Å²) in [7, 11) is 0. The molecule has 0 saturated carbocycles. The summed E-state index contributed by atoms with van der Waals surface area (Å²) in [5, 5.41) is 18.0. The van der Waals surface area contributed by atoms with Gasteiger partial charge in [0.05, 0.1) is 24.1 Å². The molecule has 1 heterocycles. The first-order valence-corrected chi connectivity index (χ1v) is 6.61. The quantitative estimate of drug-likeness (QED) is 0.478. The molecule has 0 amide bonds. The van der Waals surface area contributed by atoms with E-state index >= 15 is 0 Å². The van der Waals surface area contributed by atoms with Gasteiger partial charge in [-0.25, -0.2) is 14.1 Å². The lowest BCUT2D eigenvalue weighted by atomic mass is 10.2. The van der Waals surface area contributed by atoms with E-state index in [1.807, 2.05) is 0 Å². The number of halogens is 1. The average molecular weight is 293 g/mol. The highest BCUT2D eigenvalue weighted by atomic mass is 19.1. The number of rotatable bonds is 7. The number of benzene rings is 1. The number of nitrogens with one attached hydrogen (secondary N) is 1. The molecule has 0 fully saturated rings. The molecule has 2 aromatic rings. The third kappa shape index (κ3) is 4.06. The van der Waals surface area contributed by atoms with Crippen molar-refractivity contribution in [2.24, 2.45) is 0 Å².